The van der Waals surface area contributed by atoms with Crippen LogP contribution >= 0.6 is 15.9 Å². The molecule has 0 saturated carbocycles. The third-order valence-corrected chi connectivity index (χ3v) is 1.78. The lowest BCUT2D eigenvalue weighted by Crippen LogP contribution is -1.81. The summed E-state index contributed by atoms with van der Waals surface area (Å²) in [6.07, 6.45) is 2.97. The molecule has 0 amide bonds. The van der Waals surface area contributed by atoms with E-state index in [9.17, 15) is 0 Å². The van der Waals surface area contributed by atoms with Crippen molar-refractivity contribution in [2.24, 2.45) is 0 Å². The molecule has 5 heteroatoms. The minimum atomic E-state index is 0.568. The molecule has 0 aliphatic heterocycles. The summed E-state index contributed by atoms with van der Waals surface area (Å²) in [6.45, 7) is 0. The van der Waals surface area contributed by atoms with Gasteiger partial charge in [0.1, 0.15) is 4.60 Å². The molecule has 12 heavy (non-hydrogen) atoms. The quantitative estimate of drug-likeness (QED) is 0.696. The number of rotatable bonds is 1. The summed E-state index contributed by atoms with van der Waals surface area (Å²) < 4.78 is 5.37. The van der Waals surface area contributed by atoms with Crippen molar-refractivity contribution in [2.45, 2.75) is 0 Å². The van der Waals surface area contributed by atoms with Crippen molar-refractivity contribution in [2.75, 3.05) is 0 Å². The first kappa shape index (κ1) is 7.42. The van der Waals surface area contributed by atoms with E-state index in [1.165, 1.54) is 6.39 Å². The first-order valence-electron chi connectivity index (χ1n) is 3.24. The molecule has 2 heterocycles. The van der Waals surface area contributed by atoms with Crippen molar-refractivity contribution in [3.8, 4) is 11.4 Å². The molecular weight excluding hydrogens is 222 g/mol. The van der Waals surface area contributed by atoms with Crippen molar-refractivity contribution >= 4 is 15.9 Å². The molecule has 2 aromatic heterocycles. The van der Waals surface area contributed by atoms with Crippen molar-refractivity contribution < 1.29 is 4.52 Å². The van der Waals surface area contributed by atoms with Gasteiger partial charge in [0.25, 0.3) is 0 Å². The second-order valence-electron chi connectivity index (χ2n) is 2.12. The van der Waals surface area contributed by atoms with E-state index in [-0.39, 0.29) is 0 Å². The van der Waals surface area contributed by atoms with Gasteiger partial charge in [0, 0.05) is 11.8 Å². The van der Waals surface area contributed by atoms with Gasteiger partial charge >= 0.3 is 0 Å². The Morgan fingerprint density at radius 2 is 2.25 bits per heavy atom. The molecule has 2 rings (SSSR count). The second-order valence-corrected chi connectivity index (χ2v) is 2.93. The summed E-state index contributed by atoms with van der Waals surface area (Å²) >= 11 is 3.25. The second kappa shape index (κ2) is 3.02. The fraction of sp³-hybridized carbons (Fsp3) is 0. The standard InChI is InChI=1S/C7H4BrN3O/c8-6-3-5(1-2-9-6)7-10-4-12-11-7/h1-4H. The first-order chi connectivity index (χ1) is 5.86. The van der Waals surface area contributed by atoms with Gasteiger partial charge in [0.05, 0.1) is 0 Å². The number of hydrogen-bond acceptors (Lipinski definition) is 4. The van der Waals surface area contributed by atoms with Crippen LogP contribution in [0.4, 0.5) is 0 Å². The summed E-state index contributed by atoms with van der Waals surface area (Å²) in [5.41, 5.74) is 0.880. The Kier molecular flexibility index (Phi) is 1.87. The fourth-order valence-corrected chi connectivity index (χ4v) is 1.20. The zero-order valence-corrected chi connectivity index (χ0v) is 7.52. The van der Waals surface area contributed by atoms with Crippen LogP contribution in [0.15, 0.2) is 33.8 Å². The molecule has 0 unspecified atom stereocenters. The zero-order chi connectivity index (χ0) is 8.39. The molecule has 0 aromatic carbocycles. The summed E-state index contributed by atoms with van der Waals surface area (Å²) in [4.78, 5) is 7.88. The molecule has 0 spiro atoms. The van der Waals surface area contributed by atoms with Crippen LogP contribution in [0.2, 0.25) is 0 Å². The maximum Gasteiger partial charge on any atom is 0.214 e. The number of aromatic nitrogens is 3. The van der Waals surface area contributed by atoms with Crippen LogP contribution in [0.25, 0.3) is 11.4 Å². The van der Waals surface area contributed by atoms with Crippen LogP contribution in [-0.4, -0.2) is 15.1 Å². The van der Waals surface area contributed by atoms with Crippen molar-refractivity contribution in [1.82, 2.24) is 15.1 Å². The molecule has 0 saturated heterocycles. The van der Waals surface area contributed by atoms with Crippen LogP contribution in [0, 0.1) is 0 Å². The first-order valence-corrected chi connectivity index (χ1v) is 4.04. The van der Waals surface area contributed by atoms with Gasteiger partial charge in [-0.25, -0.2) is 4.98 Å². The number of nitrogens with zero attached hydrogens (tertiary/aromatic N) is 3. The van der Waals surface area contributed by atoms with Crippen LogP contribution in [0.3, 0.4) is 0 Å². The van der Waals surface area contributed by atoms with Crippen molar-refractivity contribution in [3.63, 3.8) is 0 Å². The molecule has 4 nitrogen and oxygen atoms in total. The van der Waals surface area contributed by atoms with E-state index in [4.69, 9.17) is 0 Å². The van der Waals surface area contributed by atoms with Crippen LogP contribution < -0.4 is 0 Å². The normalized spacial score (nSPS) is 10.1. The summed E-state index contributed by atoms with van der Waals surface area (Å²) in [5, 5.41) is 3.69. The smallest absolute Gasteiger partial charge is 0.214 e. The number of hydrogen-bond donors (Lipinski definition) is 0. The highest BCUT2D eigenvalue weighted by atomic mass is 79.9. The Morgan fingerprint density at radius 1 is 1.33 bits per heavy atom. The van der Waals surface area contributed by atoms with Crippen LogP contribution in [0.1, 0.15) is 0 Å². The summed E-state index contributed by atoms with van der Waals surface area (Å²) in [6, 6.07) is 3.64. The SMILES string of the molecule is Brc1cc(-c2ncon2)ccn1. The largest absolute Gasteiger partial charge is 0.342 e. The maximum atomic E-state index is 4.61. The Morgan fingerprint density at radius 3 is 2.92 bits per heavy atom. The average Bonchev–Trinajstić information content (AvgIpc) is 2.56. The molecular formula is C7H4BrN3O. The molecule has 60 valence electrons. The number of pyridine rings is 1. The van der Waals surface area contributed by atoms with Crippen LogP contribution in [0.5, 0.6) is 0 Å². The molecule has 0 radical (unpaired) electrons. The third-order valence-electron chi connectivity index (χ3n) is 1.35. The van der Waals surface area contributed by atoms with Gasteiger partial charge in [-0.2, -0.15) is 4.98 Å². The van der Waals surface area contributed by atoms with E-state index >= 15 is 0 Å². The third kappa shape index (κ3) is 1.35. The molecule has 0 atom stereocenters. The van der Waals surface area contributed by atoms with Crippen molar-refractivity contribution in [1.29, 1.82) is 0 Å². The van der Waals surface area contributed by atoms with E-state index in [0.29, 0.717) is 5.82 Å². The minimum Gasteiger partial charge on any atom is -0.342 e. The van der Waals surface area contributed by atoms with E-state index in [0.717, 1.165) is 10.2 Å². The highest BCUT2D eigenvalue weighted by Gasteiger charge is 2.02. The highest BCUT2D eigenvalue weighted by molar-refractivity contribution is 9.10. The predicted octanol–water partition coefficient (Wildman–Crippen LogP) is 1.89. The van der Waals surface area contributed by atoms with Gasteiger partial charge in [0.15, 0.2) is 0 Å². The molecule has 0 N–H and O–H groups in total. The molecule has 0 aliphatic carbocycles. The lowest BCUT2D eigenvalue weighted by Gasteiger charge is -1.92. The lowest BCUT2D eigenvalue weighted by atomic mass is 10.3. The Bertz CT molecular complexity index is 374. The predicted molar refractivity (Wildman–Crippen MR) is 45.2 cm³/mol. The van der Waals surface area contributed by atoms with Gasteiger partial charge in [0.2, 0.25) is 12.2 Å². The number of halogens is 1. The van der Waals surface area contributed by atoms with Gasteiger partial charge in [-0.1, -0.05) is 5.16 Å². The van der Waals surface area contributed by atoms with E-state index in [2.05, 4.69) is 35.6 Å². The van der Waals surface area contributed by atoms with E-state index < -0.39 is 0 Å². The lowest BCUT2D eigenvalue weighted by molar-refractivity contribution is 0.419. The molecule has 2 aromatic rings. The Labute approximate surface area is 76.8 Å². The molecule has 0 bridgehead atoms. The maximum absolute atomic E-state index is 4.61. The van der Waals surface area contributed by atoms with Gasteiger partial charge in [-0.3, -0.25) is 0 Å². The summed E-state index contributed by atoms with van der Waals surface area (Å²) in [5.74, 6) is 0.568. The Balaban J connectivity index is 2.48. The van der Waals surface area contributed by atoms with Crippen LogP contribution in [-0.2, 0) is 0 Å². The highest BCUT2D eigenvalue weighted by Crippen LogP contribution is 2.16. The molecule has 0 fully saturated rings. The average molecular weight is 226 g/mol. The Hall–Kier alpha value is -1.23. The van der Waals surface area contributed by atoms with E-state index in [1.807, 2.05) is 12.1 Å². The zero-order valence-electron chi connectivity index (χ0n) is 5.94. The van der Waals surface area contributed by atoms with Crippen molar-refractivity contribution in [3.05, 3.63) is 29.3 Å². The molecule has 0 aliphatic rings. The summed E-state index contributed by atoms with van der Waals surface area (Å²) in [7, 11) is 0. The minimum absolute atomic E-state index is 0.568. The monoisotopic (exact) mass is 225 g/mol. The van der Waals surface area contributed by atoms with Gasteiger partial charge in [-0.15, -0.1) is 0 Å². The van der Waals surface area contributed by atoms with E-state index in [1.54, 1.807) is 6.20 Å². The topological polar surface area (TPSA) is 51.8 Å². The fourth-order valence-electron chi connectivity index (χ4n) is 0.839. The van der Waals surface area contributed by atoms with Gasteiger partial charge in [-0.05, 0) is 28.1 Å². The van der Waals surface area contributed by atoms with Gasteiger partial charge < -0.3 is 4.52 Å².